The molecule has 1 saturated heterocycles. The molecular weight excluding hydrogens is 262 g/mol. The zero-order valence-electron chi connectivity index (χ0n) is 11.2. The predicted octanol–water partition coefficient (Wildman–Crippen LogP) is 2.59. The molecule has 3 nitrogen and oxygen atoms in total. The van der Waals surface area contributed by atoms with Crippen LogP contribution in [0, 0.1) is 17.6 Å². The highest BCUT2D eigenvalue weighted by molar-refractivity contribution is 5.80. The zero-order valence-corrected chi connectivity index (χ0v) is 11.2. The van der Waals surface area contributed by atoms with E-state index < -0.39 is 17.8 Å². The molecule has 1 N–H and O–H groups in total. The van der Waals surface area contributed by atoms with Gasteiger partial charge in [0.25, 0.3) is 0 Å². The second kappa shape index (κ2) is 5.48. The first-order valence-electron chi connectivity index (χ1n) is 7.13. The Morgan fingerprint density at radius 1 is 1.30 bits per heavy atom. The lowest BCUT2D eigenvalue weighted by Gasteiger charge is -2.30. The van der Waals surface area contributed by atoms with Gasteiger partial charge in [0, 0.05) is 18.2 Å². The number of nitrogens with zero attached hydrogens (tertiary/aromatic N) is 1. The first kappa shape index (κ1) is 13.5. The van der Waals surface area contributed by atoms with Crippen LogP contribution in [0.1, 0.15) is 37.4 Å². The Balaban J connectivity index is 1.74. The van der Waals surface area contributed by atoms with Crippen molar-refractivity contribution in [2.75, 3.05) is 13.1 Å². The maximum absolute atomic E-state index is 13.9. The molecule has 1 heterocycles. The summed E-state index contributed by atoms with van der Waals surface area (Å²) in [6.45, 7) is 0.851. The summed E-state index contributed by atoms with van der Waals surface area (Å²) in [7, 11) is 0. The smallest absolute Gasteiger partial charge is 0.238 e. The van der Waals surface area contributed by atoms with Crippen LogP contribution in [0.15, 0.2) is 18.2 Å². The number of nitrogens with one attached hydrogen (secondary N) is 1. The molecule has 1 aliphatic carbocycles. The van der Waals surface area contributed by atoms with Gasteiger partial charge in [-0.05, 0) is 24.5 Å². The number of benzene rings is 1. The van der Waals surface area contributed by atoms with Crippen molar-refractivity contribution in [3.63, 3.8) is 0 Å². The van der Waals surface area contributed by atoms with Crippen LogP contribution in [0.3, 0.4) is 0 Å². The van der Waals surface area contributed by atoms with Crippen LogP contribution in [-0.4, -0.2) is 23.9 Å². The lowest BCUT2D eigenvalue weighted by molar-refractivity contribution is -0.128. The van der Waals surface area contributed by atoms with Crippen molar-refractivity contribution < 1.29 is 13.6 Å². The van der Waals surface area contributed by atoms with Crippen molar-refractivity contribution in [3.05, 3.63) is 35.4 Å². The van der Waals surface area contributed by atoms with E-state index in [4.69, 9.17) is 0 Å². The van der Waals surface area contributed by atoms with E-state index in [1.165, 1.54) is 31.4 Å². The molecule has 2 fully saturated rings. The van der Waals surface area contributed by atoms with Crippen molar-refractivity contribution in [1.82, 2.24) is 10.2 Å². The summed E-state index contributed by atoms with van der Waals surface area (Å²) >= 11 is 0. The maximum Gasteiger partial charge on any atom is 0.238 e. The molecule has 0 bridgehead atoms. The SMILES string of the molecule is O=C1CNC(c2ccc(F)cc2F)N1CCC1CCC1. The molecule has 20 heavy (non-hydrogen) atoms. The zero-order chi connectivity index (χ0) is 14.1. The summed E-state index contributed by atoms with van der Waals surface area (Å²) < 4.78 is 26.8. The van der Waals surface area contributed by atoms with Gasteiger partial charge in [-0.25, -0.2) is 8.78 Å². The fourth-order valence-electron chi connectivity index (χ4n) is 2.90. The van der Waals surface area contributed by atoms with E-state index in [0.29, 0.717) is 18.0 Å². The minimum atomic E-state index is -0.606. The van der Waals surface area contributed by atoms with Gasteiger partial charge in [-0.1, -0.05) is 19.3 Å². The highest BCUT2D eigenvalue weighted by Crippen LogP contribution is 2.32. The topological polar surface area (TPSA) is 32.3 Å². The molecule has 108 valence electrons. The van der Waals surface area contributed by atoms with Crippen molar-refractivity contribution in [3.8, 4) is 0 Å². The fraction of sp³-hybridized carbons (Fsp3) is 0.533. The van der Waals surface area contributed by atoms with Crippen LogP contribution in [0.2, 0.25) is 0 Å². The first-order valence-corrected chi connectivity index (χ1v) is 7.13. The average molecular weight is 280 g/mol. The summed E-state index contributed by atoms with van der Waals surface area (Å²) in [5.74, 6) is -0.525. The summed E-state index contributed by atoms with van der Waals surface area (Å²) in [4.78, 5) is 13.6. The number of carbonyl (C=O) groups is 1. The summed E-state index contributed by atoms with van der Waals surface area (Å²) in [5.41, 5.74) is 0.339. The summed E-state index contributed by atoms with van der Waals surface area (Å²) in [6, 6.07) is 3.51. The van der Waals surface area contributed by atoms with Gasteiger partial charge >= 0.3 is 0 Å². The minimum absolute atomic E-state index is 0.0157. The van der Waals surface area contributed by atoms with Crippen molar-refractivity contribution >= 4 is 5.91 Å². The summed E-state index contributed by atoms with van der Waals surface area (Å²) in [5, 5.41) is 3.01. The second-order valence-electron chi connectivity index (χ2n) is 5.62. The van der Waals surface area contributed by atoms with Crippen LogP contribution in [0.25, 0.3) is 0 Å². The van der Waals surface area contributed by atoms with Crippen molar-refractivity contribution in [2.45, 2.75) is 31.8 Å². The molecule has 1 amide bonds. The Morgan fingerprint density at radius 2 is 2.10 bits per heavy atom. The lowest BCUT2D eigenvalue weighted by Crippen LogP contribution is -2.33. The molecule has 5 heteroatoms. The van der Waals surface area contributed by atoms with Gasteiger partial charge in [0.15, 0.2) is 0 Å². The largest absolute Gasteiger partial charge is 0.322 e. The fourth-order valence-corrected chi connectivity index (χ4v) is 2.90. The molecule has 2 aliphatic rings. The maximum atomic E-state index is 13.9. The van der Waals surface area contributed by atoms with Crippen LogP contribution in [0.5, 0.6) is 0 Å². The normalized spacial score (nSPS) is 23.2. The molecule has 0 spiro atoms. The predicted molar refractivity (Wildman–Crippen MR) is 70.8 cm³/mol. The average Bonchev–Trinajstić information content (AvgIpc) is 2.69. The molecular formula is C15H18F2N2O. The Labute approximate surface area is 117 Å². The molecule has 1 aromatic rings. The highest BCUT2D eigenvalue weighted by atomic mass is 19.1. The molecule has 1 atom stereocenters. The van der Waals surface area contributed by atoms with E-state index >= 15 is 0 Å². The number of carbonyl (C=O) groups excluding carboxylic acids is 1. The third-order valence-electron chi connectivity index (χ3n) is 4.34. The summed E-state index contributed by atoms with van der Waals surface area (Å²) in [6.07, 6.45) is 4.22. The molecule has 1 aromatic carbocycles. The van der Waals surface area contributed by atoms with Gasteiger partial charge in [0.1, 0.15) is 17.8 Å². The van der Waals surface area contributed by atoms with Gasteiger partial charge in [0.05, 0.1) is 6.54 Å². The van der Waals surface area contributed by atoms with Gasteiger partial charge in [-0.2, -0.15) is 0 Å². The van der Waals surface area contributed by atoms with Crippen LogP contribution >= 0.6 is 0 Å². The molecule has 0 aromatic heterocycles. The van der Waals surface area contributed by atoms with E-state index in [1.807, 2.05) is 0 Å². The molecule has 1 aliphatic heterocycles. The third kappa shape index (κ3) is 2.54. The Morgan fingerprint density at radius 3 is 2.75 bits per heavy atom. The molecule has 1 saturated carbocycles. The number of amides is 1. The van der Waals surface area contributed by atoms with Gasteiger partial charge < -0.3 is 4.90 Å². The number of hydrogen-bond donors (Lipinski definition) is 1. The standard InChI is InChI=1S/C15H18F2N2O/c16-11-4-5-12(13(17)8-11)15-18-9-14(20)19(15)7-6-10-2-1-3-10/h4-5,8,10,15,18H,1-3,6-7,9H2. The Bertz CT molecular complexity index is 517. The number of rotatable bonds is 4. The van der Waals surface area contributed by atoms with Crippen LogP contribution < -0.4 is 5.32 Å². The Hall–Kier alpha value is -1.49. The van der Waals surface area contributed by atoms with Crippen molar-refractivity contribution in [1.29, 1.82) is 0 Å². The molecule has 0 radical (unpaired) electrons. The second-order valence-corrected chi connectivity index (χ2v) is 5.62. The monoisotopic (exact) mass is 280 g/mol. The van der Waals surface area contributed by atoms with Gasteiger partial charge in [-0.3, -0.25) is 10.1 Å². The lowest BCUT2D eigenvalue weighted by atomic mass is 9.83. The minimum Gasteiger partial charge on any atom is -0.322 e. The number of halogens is 2. The quantitative estimate of drug-likeness (QED) is 0.919. The van der Waals surface area contributed by atoms with E-state index in [0.717, 1.165) is 12.5 Å². The number of hydrogen-bond acceptors (Lipinski definition) is 2. The molecule has 1 unspecified atom stereocenters. The Kier molecular flexibility index (Phi) is 3.70. The first-order chi connectivity index (χ1) is 9.65. The van der Waals surface area contributed by atoms with Gasteiger partial charge in [0.2, 0.25) is 5.91 Å². The van der Waals surface area contributed by atoms with E-state index in [9.17, 15) is 13.6 Å². The highest BCUT2D eigenvalue weighted by Gasteiger charge is 2.33. The third-order valence-corrected chi connectivity index (χ3v) is 4.34. The molecule has 3 rings (SSSR count). The van der Waals surface area contributed by atoms with Crippen molar-refractivity contribution in [2.24, 2.45) is 5.92 Å². The van der Waals surface area contributed by atoms with Crippen LogP contribution in [-0.2, 0) is 4.79 Å². The van der Waals surface area contributed by atoms with E-state index in [2.05, 4.69) is 5.32 Å². The van der Waals surface area contributed by atoms with E-state index in [-0.39, 0.29) is 12.5 Å². The van der Waals surface area contributed by atoms with E-state index in [1.54, 1.807) is 4.90 Å². The van der Waals surface area contributed by atoms with Crippen LogP contribution in [0.4, 0.5) is 8.78 Å². The van der Waals surface area contributed by atoms with Gasteiger partial charge in [-0.15, -0.1) is 0 Å².